The highest BCUT2D eigenvalue weighted by molar-refractivity contribution is 6.32. The molecule has 1 aliphatic rings. The Labute approximate surface area is 145 Å². The first-order valence-electron chi connectivity index (χ1n) is 7.84. The average molecular weight is 351 g/mol. The van der Waals surface area contributed by atoms with E-state index in [1.165, 1.54) is 14.2 Å². The van der Waals surface area contributed by atoms with Crippen LogP contribution in [0.3, 0.4) is 0 Å². The summed E-state index contributed by atoms with van der Waals surface area (Å²) in [7, 11) is 3.02. The molecule has 1 aliphatic carbocycles. The lowest BCUT2D eigenvalue weighted by molar-refractivity contribution is 0.101. The van der Waals surface area contributed by atoms with Crippen LogP contribution in [0, 0.1) is 0 Å². The van der Waals surface area contributed by atoms with E-state index in [2.05, 4.69) is 10.5 Å². The Kier molecular flexibility index (Phi) is 4.94. The fourth-order valence-corrected chi connectivity index (χ4v) is 3.11. The summed E-state index contributed by atoms with van der Waals surface area (Å²) in [6.45, 7) is 0. The first kappa shape index (κ1) is 16.6. The maximum absolute atomic E-state index is 12.6. The number of nitrogens with one attached hydrogen (secondary N) is 1. The Hall–Kier alpha value is -2.21. The lowest BCUT2D eigenvalue weighted by Gasteiger charge is -2.12. The lowest BCUT2D eigenvalue weighted by Crippen LogP contribution is -2.15. The molecule has 0 spiro atoms. The number of hydrogen-bond acceptors (Lipinski definition) is 5. The highest BCUT2D eigenvalue weighted by atomic mass is 35.5. The van der Waals surface area contributed by atoms with Gasteiger partial charge in [-0.15, -0.1) is 0 Å². The predicted octanol–water partition coefficient (Wildman–Crippen LogP) is 3.87. The number of carbonyl (C=O) groups is 1. The number of rotatable bonds is 4. The second-order valence-corrected chi connectivity index (χ2v) is 6.04. The molecule has 6 nitrogen and oxygen atoms in total. The molecule has 0 unspecified atom stereocenters. The fraction of sp³-hybridized carbons (Fsp3) is 0.412. The molecule has 3 rings (SSSR count). The van der Waals surface area contributed by atoms with Gasteiger partial charge in [0, 0.05) is 24.1 Å². The third kappa shape index (κ3) is 3.19. The Morgan fingerprint density at radius 3 is 2.67 bits per heavy atom. The van der Waals surface area contributed by atoms with Gasteiger partial charge < -0.3 is 19.3 Å². The van der Waals surface area contributed by atoms with Gasteiger partial charge in [0.05, 0.1) is 24.9 Å². The molecule has 1 aromatic carbocycles. The second-order valence-electron chi connectivity index (χ2n) is 5.63. The monoisotopic (exact) mass is 350 g/mol. The normalized spacial score (nSPS) is 13.8. The van der Waals surface area contributed by atoms with Gasteiger partial charge in [-0.05, 0) is 19.3 Å². The van der Waals surface area contributed by atoms with Crippen molar-refractivity contribution >= 4 is 23.2 Å². The van der Waals surface area contributed by atoms with Crippen molar-refractivity contribution in [2.75, 3.05) is 19.5 Å². The van der Waals surface area contributed by atoms with Gasteiger partial charge in [-0.3, -0.25) is 4.79 Å². The molecule has 2 aromatic rings. The van der Waals surface area contributed by atoms with Gasteiger partial charge in [-0.1, -0.05) is 23.2 Å². The second kappa shape index (κ2) is 7.13. The lowest BCUT2D eigenvalue weighted by atomic mass is 10.1. The van der Waals surface area contributed by atoms with Crippen LogP contribution in [-0.2, 0) is 12.8 Å². The third-order valence-electron chi connectivity index (χ3n) is 4.14. The fourth-order valence-electron chi connectivity index (χ4n) is 2.88. The van der Waals surface area contributed by atoms with Crippen molar-refractivity contribution in [3.05, 3.63) is 34.2 Å². The smallest absolute Gasteiger partial charge is 0.278 e. The molecule has 128 valence electrons. The standard InChI is InChI=1S/C17H19ClN2O4/c1-22-14-9-12(15(23-2)8-11(14)18)19-17(21)16-10-6-4-3-5-7-13(10)24-20-16/h8-9H,3-7H2,1-2H3,(H,19,21). The third-order valence-corrected chi connectivity index (χ3v) is 4.43. The van der Waals surface area contributed by atoms with Crippen molar-refractivity contribution in [3.63, 3.8) is 0 Å². The first-order valence-corrected chi connectivity index (χ1v) is 8.22. The summed E-state index contributed by atoms with van der Waals surface area (Å²) in [5, 5.41) is 7.18. The summed E-state index contributed by atoms with van der Waals surface area (Å²) in [5.41, 5.74) is 1.71. The van der Waals surface area contributed by atoms with E-state index in [4.69, 9.17) is 25.6 Å². The molecule has 0 saturated heterocycles. The van der Waals surface area contributed by atoms with Crippen LogP contribution in [0.25, 0.3) is 0 Å². The van der Waals surface area contributed by atoms with E-state index in [1.807, 2.05) is 0 Å². The maximum Gasteiger partial charge on any atom is 0.278 e. The van der Waals surface area contributed by atoms with Crippen LogP contribution in [0.2, 0.25) is 5.02 Å². The number of ether oxygens (including phenoxy) is 2. The van der Waals surface area contributed by atoms with Gasteiger partial charge in [0.15, 0.2) is 5.69 Å². The first-order chi connectivity index (χ1) is 11.6. The minimum Gasteiger partial charge on any atom is -0.495 e. The number of methoxy groups -OCH3 is 2. The van der Waals surface area contributed by atoms with Crippen molar-refractivity contribution in [1.82, 2.24) is 5.16 Å². The molecule has 1 heterocycles. The zero-order valence-electron chi connectivity index (χ0n) is 13.6. The van der Waals surface area contributed by atoms with E-state index in [-0.39, 0.29) is 5.91 Å². The van der Waals surface area contributed by atoms with E-state index in [0.29, 0.717) is 27.9 Å². The molecule has 0 atom stereocenters. The van der Waals surface area contributed by atoms with Crippen molar-refractivity contribution < 1.29 is 18.8 Å². The molecule has 0 aliphatic heterocycles. The molecule has 0 radical (unpaired) electrons. The number of benzene rings is 1. The van der Waals surface area contributed by atoms with E-state index in [0.717, 1.165) is 43.4 Å². The molecular formula is C17H19ClN2O4. The van der Waals surface area contributed by atoms with Crippen molar-refractivity contribution in [1.29, 1.82) is 0 Å². The minimum atomic E-state index is -0.329. The molecule has 1 amide bonds. The Morgan fingerprint density at radius 2 is 1.92 bits per heavy atom. The average Bonchev–Trinajstić information content (AvgIpc) is 2.84. The highest BCUT2D eigenvalue weighted by Gasteiger charge is 2.24. The number of anilines is 1. The number of hydrogen-bond donors (Lipinski definition) is 1. The number of carbonyl (C=O) groups excluding carboxylic acids is 1. The van der Waals surface area contributed by atoms with Crippen LogP contribution >= 0.6 is 11.6 Å². The molecular weight excluding hydrogens is 332 g/mol. The van der Waals surface area contributed by atoms with Crippen molar-refractivity contribution in [3.8, 4) is 11.5 Å². The number of aryl methyl sites for hydroxylation is 1. The zero-order chi connectivity index (χ0) is 17.1. The van der Waals surface area contributed by atoms with Gasteiger partial charge in [-0.25, -0.2) is 0 Å². The van der Waals surface area contributed by atoms with Gasteiger partial charge in [-0.2, -0.15) is 0 Å². The Morgan fingerprint density at radius 1 is 1.17 bits per heavy atom. The Bertz CT molecular complexity index is 757. The minimum absolute atomic E-state index is 0.329. The van der Waals surface area contributed by atoms with Gasteiger partial charge >= 0.3 is 0 Å². The van der Waals surface area contributed by atoms with Crippen LogP contribution in [0.4, 0.5) is 5.69 Å². The summed E-state index contributed by atoms with van der Waals surface area (Å²) >= 11 is 6.08. The maximum atomic E-state index is 12.6. The zero-order valence-corrected chi connectivity index (χ0v) is 14.4. The summed E-state index contributed by atoms with van der Waals surface area (Å²) in [4.78, 5) is 12.6. The molecule has 0 fully saturated rings. The number of halogens is 1. The van der Waals surface area contributed by atoms with E-state index >= 15 is 0 Å². The summed E-state index contributed by atoms with van der Waals surface area (Å²) < 4.78 is 15.8. The van der Waals surface area contributed by atoms with Crippen LogP contribution in [-0.4, -0.2) is 25.3 Å². The molecule has 24 heavy (non-hydrogen) atoms. The molecule has 0 bridgehead atoms. The van der Waals surface area contributed by atoms with Crippen molar-refractivity contribution in [2.45, 2.75) is 32.1 Å². The SMILES string of the molecule is COc1cc(NC(=O)c2noc3c2CCCCC3)c(OC)cc1Cl. The van der Waals surface area contributed by atoms with Crippen molar-refractivity contribution in [2.24, 2.45) is 0 Å². The topological polar surface area (TPSA) is 73.6 Å². The van der Waals surface area contributed by atoms with E-state index < -0.39 is 0 Å². The number of amides is 1. The van der Waals surface area contributed by atoms with Crippen LogP contribution in [0.15, 0.2) is 16.7 Å². The number of nitrogens with zero attached hydrogens (tertiary/aromatic N) is 1. The quantitative estimate of drug-likeness (QED) is 0.847. The van der Waals surface area contributed by atoms with Gasteiger partial charge in [0.25, 0.3) is 5.91 Å². The number of aromatic nitrogens is 1. The molecule has 1 aromatic heterocycles. The number of fused-ring (bicyclic) bond motifs is 1. The molecule has 0 saturated carbocycles. The van der Waals surface area contributed by atoms with E-state index in [1.54, 1.807) is 12.1 Å². The summed E-state index contributed by atoms with van der Waals surface area (Å²) in [6, 6.07) is 3.22. The van der Waals surface area contributed by atoms with Gasteiger partial charge in [0.2, 0.25) is 0 Å². The van der Waals surface area contributed by atoms with Crippen LogP contribution < -0.4 is 14.8 Å². The Balaban J connectivity index is 1.89. The van der Waals surface area contributed by atoms with Crippen LogP contribution in [0.1, 0.15) is 41.1 Å². The highest BCUT2D eigenvalue weighted by Crippen LogP contribution is 2.36. The summed E-state index contributed by atoms with van der Waals surface area (Å²) in [6.07, 6.45) is 4.86. The predicted molar refractivity (Wildman–Crippen MR) is 90.3 cm³/mol. The van der Waals surface area contributed by atoms with Crippen LogP contribution in [0.5, 0.6) is 11.5 Å². The van der Waals surface area contributed by atoms with Gasteiger partial charge in [0.1, 0.15) is 17.3 Å². The van der Waals surface area contributed by atoms with E-state index in [9.17, 15) is 4.79 Å². The summed E-state index contributed by atoms with van der Waals surface area (Å²) in [5.74, 6) is 1.39. The molecule has 7 heteroatoms. The largest absolute Gasteiger partial charge is 0.495 e. The molecule has 1 N–H and O–H groups in total.